The van der Waals surface area contributed by atoms with Crippen molar-refractivity contribution in [2.45, 2.75) is 32.7 Å². The van der Waals surface area contributed by atoms with Gasteiger partial charge in [-0.2, -0.15) is 0 Å². The van der Waals surface area contributed by atoms with E-state index in [1.54, 1.807) is 0 Å². The molecule has 0 aromatic rings. The van der Waals surface area contributed by atoms with E-state index < -0.39 is 0 Å². The Morgan fingerprint density at radius 3 is 2.47 bits per heavy atom. The first-order valence-corrected chi connectivity index (χ1v) is 6.33. The topological polar surface area (TPSA) is 18.5 Å². The number of nitrogens with one attached hydrogen (secondary N) is 1. The Kier molecular flexibility index (Phi) is 6.22. The first-order valence-electron chi connectivity index (χ1n) is 6.33. The van der Waals surface area contributed by atoms with Crippen LogP contribution in [-0.2, 0) is 0 Å². The molecule has 3 heteroatoms. The lowest BCUT2D eigenvalue weighted by atomic mass is 10.3. The van der Waals surface area contributed by atoms with Crippen molar-refractivity contribution in [1.29, 1.82) is 0 Å². The average molecular weight is 213 g/mol. The van der Waals surface area contributed by atoms with Crippen molar-refractivity contribution in [2.24, 2.45) is 0 Å². The summed E-state index contributed by atoms with van der Waals surface area (Å²) in [5.74, 6) is 0. The number of hydrogen-bond acceptors (Lipinski definition) is 3. The van der Waals surface area contributed by atoms with Crippen LogP contribution in [0.4, 0.5) is 0 Å². The Morgan fingerprint density at radius 1 is 1.20 bits per heavy atom. The normalized spacial score (nSPS) is 18.2. The number of likely N-dealkylation sites (N-methyl/N-ethyl adjacent to an activating group) is 1. The van der Waals surface area contributed by atoms with E-state index in [1.807, 2.05) is 0 Å². The second-order valence-electron chi connectivity index (χ2n) is 4.87. The fourth-order valence-electron chi connectivity index (χ4n) is 1.88. The van der Waals surface area contributed by atoms with Gasteiger partial charge in [-0.25, -0.2) is 0 Å². The summed E-state index contributed by atoms with van der Waals surface area (Å²) in [7, 11) is 2.19. The molecule has 0 saturated carbocycles. The van der Waals surface area contributed by atoms with Crippen LogP contribution in [0, 0.1) is 0 Å². The monoisotopic (exact) mass is 213 g/mol. The molecular weight excluding hydrogens is 186 g/mol. The highest BCUT2D eigenvalue weighted by Gasteiger charge is 2.09. The zero-order valence-electron chi connectivity index (χ0n) is 10.6. The van der Waals surface area contributed by atoms with Crippen LogP contribution in [0.1, 0.15) is 26.7 Å². The molecule has 1 N–H and O–H groups in total. The van der Waals surface area contributed by atoms with E-state index >= 15 is 0 Å². The van der Waals surface area contributed by atoms with Crippen molar-refractivity contribution in [3.63, 3.8) is 0 Å². The first-order chi connectivity index (χ1) is 7.20. The number of hydrogen-bond donors (Lipinski definition) is 1. The van der Waals surface area contributed by atoms with E-state index in [0.29, 0.717) is 6.04 Å². The van der Waals surface area contributed by atoms with E-state index in [2.05, 4.69) is 36.0 Å². The van der Waals surface area contributed by atoms with Gasteiger partial charge in [0, 0.05) is 32.2 Å². The van der Waals surface area contributed by atoms with Crippen LogP contribution >= 0.6 is 0 Å². The standard InChI is InChI=1S/C12H27N3/c1-12(2)14(3)10-6-13-7-11-15-8-4-5-9-15/h12-13H,4-11H2,1-3H3. The number of likely N-dealkylation sites (tertiary alicyclic amines) is 1. The third-order valence-corrected chi connectivity index (χ3v) is 3.33. The van der Waals surface area contributed by atoms with Gasteiger partial charge in [-0.1, -0.05) is 0 Å². The summed E-state index contributed by atoms with van der Waals surface area (Å²) in [6.45, 7) is 11.7. The molecule has 0 spiro atoms. The van der Waals surface area contributed by atoms with Crippen molar-refractivity contribution < 1.29 is 0 Å². The highest BCUT2D eigenvalue weighted by molar-refractivity contribution is 4.67. The van der Waals surface area contributed by atoms with E-state index in [1.165, 1.54) is 32.5 Å². The molecule has 1 fully saturated rings. The van der Waals surface area contributed by atoms with Gasteiger partial charge in [0.15, 0.2) is 0 Å². The number of rotatable bonds is 7. The molecular formula is C12H27N3. The van der Waals surface area contributed by atoms with Crippen LogP contribution in [0.25, 0.3) is 0 Å². The molecule has 0 aromatic carbocycles. The maximum Gasteiger partial charge on any atom is 0.0107 e. The average Bonchev–Trinajstić information content (AvgIpc) is 2.69. The predicted molar refractivity (Wildman–Crippen MR) is 66.3 cm³/mol. The minimum Gasteiger partial charge on any atom is -0.314 e. The van der Waals surface area contributed by atoms with Crippen molar-refractivity contribution in [2.75, 3.05) is 46.3 Å². The molecule has 0 atom stereocenters. The van der Waals surface area contributed by atoms with Gasteiger partial charge in [0.2, 0.25) is 0 Å². The highest BCUT2D eigenvalue weighted by Crippen LogP contribution is 2.05. The molecule has 0 aromatic heterocycles. The Bertz CT molecular complexity index is 149. The second-order valence-corrected chi connectivity index (χ2v) is 4.87. The van der Waals surface area contributed by atoms with Crippen LogP contribution < -0.4 is 5.32 Å². The molecule has 90 valence electrons. The molecule has 1 aliphatic rings. The summed E-state index contributed by atoms with van der Waals surface area (Å²) >= 11 is 0. The molecule has 0 aliphatic carbocycles. The molecule has 0 amide bonds. The largest absolute Gasteiger partial charge is 0.314 e. The van der Waals surface area contributed by atoms with Gasteiger partial charge >= 0.3 is 0 Å². The summed E-state index contributed by atoms with van der Waals surface area (Å²) in [5.41, 5.74) is 0. The summed E-state index contributed by atoms with van der Waals surface area (Å²) < 4.78 is 0. The van der Waals surface area contributed by atoms with Gasteiger partial charge < -0.3 is 15.1 Å². The van der Waals surface area contributed by atoms with E-state index in [0.717, 1.165) is 19.6 Å². The Balaban J connectivity index is 1.88. The van der Waals surface area contributed by atoms with Gasteiger partial charge in [-0.3, -0.25) is 0 Å². The predicted octanol–water partition coefficient (Wildman–Crippen LogP) is 1.01. The summed E-state index contributed by atoms with van der Waals surface area (Å²) in [6, 6.07) is 0.658. The smallest absolute Gasteiger partial charge is 0.0107 e. The van der Waals surface area contributed by atoms with Gasteiger partial charge in [0.1, 0.15) is 0 Å². The SMILES string of the molecule is CC(C)N(C)CCNCCN1CCCC1. The Labute approximate surface area is 94.8 Å². The molecule has 1 aliphatic heterocycles. The van der Waals surface area contributed by atoms with Crippen LogP contribution in [0.3, 0.4) is 0 Å². The Hall–Kier alpha value is -0.120. The van der Waals surface area contributed by atoms with Gasteiger partial charge in [0.25, 0.3) is 0 Å². The summed E-state index contributed by atoms with van der Waals surface area (Å²) in [4.78, 5) is 4.93. The van der Waals surface area contributed by atoms with E-state index in [-0.39, 0.29) is 0 Å². The van der Waals surface area contributed by atoms with E-state index in [4.69, 9.17) is 0 Å². The van der Waals surface area contributed by atoms with Gasteiger partial charge in [0.05, 0.1) is 0 Å². The lowest BCUT2D eigenvalue weighted by molar-refractivity contribution is 0.269. The lowest BCUT2D eigenvalue weighted by Gasteiger charge is -2.21. The lowest BCUT2D eigenvalue weighted by Crippen LogP contribution is -2.36. The molecule has 1 saturated heterocycles. The quantitative estimate of drug-likeness (QED) is 0.637. The van der Waals surface area contributed by atoms with Crippen molar-refractivity contribution in [3.05, 3.63) is 0 Å². The van der Waals surface area contributed by atoms with E-state index in [9.17, 15) is 0 Å². The molecule has 1 rings (SSSR count). The third kappa shape index (κ3) is 5.50. The molecule has 1 heterocycles. The van der Waals surface area contributed by atoms with Crippen LogP contribution in [0.2, 0.25) is 0 Å². The fourth-order valence-corrected chi connectivity index (χ4v) is 1.88. The van der Waals surface area contributed by atoms with Gasteiger partial charge in [-0.05, 0) is 46.8 Å². The minimum atomic E-state index is 0.658. The van der Waals surface area contributed by atoms with Gasteiger partial charge in [-0.15, -0.1) is 0 Å². The highest BCUT2D eigenvalue weighted by atomic mass is 15.2. The second kappa shape index (κ2) is 7.20. The maximum absolute atomic E-state index is 3.51. The maximum atomic E-state index is 3.51. The van der Waals surface area contributed by atoms with Crippen LogP contribution in [0.5, 0.6) is 0 Å². The van der Waals surface area contributed by atoms with Crippen molar-refractivity contribution in [1.82, 2.24) is 15.1 Å². The zero-order valence-corrected chi connectivity index (χ0v) is 10.6. The molecule has 0 unspecified atom stereocenters. The molecule has 3 nitrogen and oxygen atoms in total. The number of nitrogens with zero attached hydrogens (tertiary/aromatic N) is 2. The summed E-state index contributed by atoms with van der Waals surface area (Å²) in [5, 5.41) is 3.51. The minimum absolute atomic E-state index is 0.658. The summed E-state index contributed by atoms with van der Waals surface area (Å²) in [6.07, 6.45) is 2.80. The zero-order chi connectivity index (χ0) is 11.1. The Morgan fingerprint density at radius 2 is 1.87 bits per heavy atom. The molecule has 0 radical (unpaired) electrons. The van der Waals surface area contributed by atoms with Crippen LogP contribution in [-0.4, -0.2) is 62.2 Å². The van der Waals surface area contributed by atoms with Crippen molar-refractivity contribution >= 4 is 0 Å². The fraction of sp³-hybridized carbons (Fsp3) is 1.00. The first kappa shape index (κ1) is 12.9. The molecule has 15 heavy (non-hydrogen) atoms. The van der Waals surface area contributed by atoms with Crippen LogP contribution in [0.15, 0.2) is 0 Å². The molecule has 0 bridgehead atoms. The third-order valence-electron chi connectivity index (χ3n) is 3.33. The van der Waals surface area contributed by atoms with Crippen molar-refractivity contribution in [3.8, 4) is 0 Å².